The highest BCUT2D eigenvalue weighted by atomic mass is 32.2. The second-order valence-electron chi connectivity index (χ2n) is 7.87. The lowest BCUT2D eigenvalue weighted by Crippen LogP contribution is -2.47. The molecule has 0 heterocycles. The first kappa shape index (κ1) is 24.3. The molecule has 0 radical (unpaired) electrons. The third-order valence-corrected chi connectivity index (χ3v) is 6.74. The van der Waals surface area contributed by atoms with Crippen molar-refractivity contribution in [3.63, 3.8) is 0 Å². The van der Waals surface area contributed by atoms with E-state index in [4.69, 9.17) is 0 Å². The van der Waals surface area contributed by atoms with Gasteiger partial charge in [-0.05, 0) is 61.4 Å². The van der Waals surface area contributed by atoms with E-state index in [1.165, 1.54) is 12.1 Å². The van der Waals surface area contributed by atoms with E-state index in [-0.39, 0.29) is 10.8 Å². The van der Waals surface area contributed by atoms with E-state index >= 15 is 0 Å². The van der Waals surface area contributed by atoms with Crippen molar-refractivity contribution < 1.29 is 13.2 Å². The third-order valence-electron chi connectivity index (χ3n) is 5.28. The Labute approximate surface area is 195 Å². The number of hydrogen-bond donors (Lipinski definition) is 2. The van der Waals surface area contributed by atoms with Crippen molar-refractivity contribution in [2.24, 2.45) is 16.1 Å². The molecule has 172 valence electrons. The van der Waals surface area contributed by atoms with Gasteiger partial charge >= 0.3 is 0 Å². The highest BCUT2D eigenvalue weighted by Crippen LogP contribution is 2.21. The Balaban J connectivity index is 1.71. The Morgan fingerprint density at radius 3 is 2.03 bits per heavy atom. The number of hydrogen-bond acceptors (Lipinski definition) is 5. The summed E-state index contributed by atoms with van der Waals surface area (Å²) in [5.74, 6) is -0.622. The van der Waals surface area contributed by atoms with Crippen molar-refractivity contribution in [3.05, 3.63) is 84.4 Å². The predicted octanol–water partition coefficient (Wildman–Crippen LogP) is 5.74. The number of nitrogens with zero attached hydrogens (tertiary/aromatic N) is 2. The second kappa shape index (κ2) is 11.0. The molecule has 0 bridgehead atoms. The van der Waals surface area contributed by atoms with E-state index in [1.807, 2.05) is 51.1 Å². The van der Waals surface area contributed by atoms with E-state index in [2.05, 4.69) is 20.3 Å². The predicted molar refractivity (Wildman–Crippen MR) is 130 cm³/mol. The Bertz CT molecular complexity index is 1190. The summed E-state index contributed by atoms with van der Waals surface area (Å²) in [6.45, 7) is 5.64. The average molecular weight is 465 g/mol. The van der Waals surface area contributed by atoms with Crippen LogP contribution in [0.25, 0.3) is 0 Å². The van der Waals surface area contributed by atoms with Gasteiger partial charge in [-0.2, -0.15) is 15.0 Å². The molecule has 3 rings (SSSR count). The van der Waals surface area contributed by atoms with Gasteiger partial charge in [-0.3, -0.25) is 4.79 Å². The molecule has 0 aliphatic rings. The molecule has 7 nitrogen and oxygen atoms in total. The number of anilines is 1. The standard InChI is InChI=1S/C25H28N4O3S/c1-4-19(3)24(29-33(31,32)23-16-10-18(2)11-17-23)25(30)26-20-12-14-22(15-13-20)28-27-21-8-6-5-7-9-21/h5-17,19,24,29H,4H2,1-3H3,(H,26,30)/t19-,24-/m1/s1. The molecular weight excluding hydrogens is 436 g/mol. The Hall–Kier alpha value is -3.36. The first-order valence-corrected chi connectivity index (χ1v) is 12.2. The number of sulfonamides is 1. The summed E-state index contributed by atoms with van der Waals surface area (Å²) in [6, 6.07) is 21.9. The van der Waals surface area contributed by atoms with Crippen LogP contribution in [0.4, 0.5) is 17.1 Å². The maximum Gasteiger partial charge on any atom is 0.242 e. The molecule has 1 amide bonds. The summed E-state index contributed by atoms with van der Waals surface area (Å²) in [5, 5.41) is 11.2. The number of carbonyl (C=O) groups excluding carboxylic acids is 1. The lowest BCUT2D eigenvalue weighted by atomic mass is 9.99. The van der Waals surface area contributed by atoms with Crippen LogP contribution in [-0.2, 0) is 14.8 Å². The minimum atomic E-state index is -3.85. The van der Waals surface area contributed by atoms with Crippen molar-refractivity contribution in [3.8, 4) is 0 Å². The van der Waals surface area contributed by atoms with Crippen LogP contribution in [0.2, 0.25) is 0 Å². The summed E-state index contributed by atoms with van der Waals surface area (Å²) in [4.78, 5) is 13.1. The van der Waals surface area contributed by atoms with Gasteiger partial charge < -0.3 is 5.32 Å². The highest BCUT2D eigenvalue weighted by Gasteiger charge is 2.29. The first-order chi connectivity index (χ1) is 15.8. The zero-order chi connectivity index (χ0) is 23.8. The molecule has 0 spiro atoms. The molecule has 2 N–H and O–H groups in total. The lowest BCUT2D eigenvalue weighted by Gasteiger charge is -2.23. The van der Waals surface area contributed by atoms with Crippen LogP contribution >= 0.6 is 0 Å². The van der Waals surface area contributed by atoms with Crippen molar-refractivity contribution in [2.45, 2.75) is 38.1 Å². The van der Waals surface area contributed by atoms with E-state index < -0.39 is 22.0 Å². The Morgan fingerprint density at radius 1 is 0.879 bits per heavy atom. The van der Waals surface area contributed by atoms with E-state index in [0.717, 1.165) is 11.3 Å². The molecule has 2 atom stereocenters. The number of azo groups is 1. The fourth-order valence-electron chi connectivity index (χ4n) is 3.06. The van der Waals surface area contributed by atoms with Crippen LogP contribution in [0.3, 0.4) is 0 Å². The second-order valence-corrected chi connectivity index (χ2v) is 9.58. The molecule has 8 heteroatoms. The van der Waals surface area contributed by atoms with E-state index in [9.17, 15) is 13.2 Å². The van der Waals surface area contributed by atoms with Gasteiger partial charge in [0.15, 0.2) is 0 Å². The van der Waals surface area contributed by atoms with Crippen LogP contribution < -0.4 is 10.0 Å². The van der Waals surface area contributed by atoms with Gasteiger partial charge in [0.2, 0.25) is 15.9 Å². The molecule has 0 unspecified atom stereocenters. The Kier molecular flexibility index (Phi) is 8.08. The van der Waals surface area contributed by atoms with Crippen molar-refractivity contribution in [1.29, 1.82) is 0 Å². The Morgan fingerprint density at radius 2 is 1.45 bits per heavy atom. The minimum Gasteiger partial charge on any atom is -0.325 e. The average Bonchev–Trinajstić information content (AvgIpc) is 2.82. The highest BCUT2D eigenvalue weighted by molar-refractivity contribution is 7.89. The summed E-state index contributed by atoms with van der Waals surface area (Å²) in [5.41, 5.74) is 2.88. The zero-order valence-corrected chi connectivity index (χ0v) is 19.7. The monoisotopic (exact) mass is 464 g/mol. The van der Waals surface area contributed by atoms with Gasteiger partial charge in [-0.15, -0.1) is 0 Å². The van der Waals surface area contributed by atoms with Gasteiger partial charge in [0, 0.05) is 5.69 Å². The van der Waals surface area contributed by atoms with Crippen LogP contribution in [0.1, 0.15) is 25.8 Å². The van der Waals surface area contributed by atoms with Gasteiger partial charge in [-0.25, -0.2) is 8.42 Å². The minimum absolute atomic E-state index is 0.127. The molecule has 0 aliphatic heterocycles. The fraction of sp³-hybridized carbons (Fsp3) is 0.240. The van der Waals surface area contributed by atoms with Crippen LogP contribution in [0, 0.1) is 12.8 Å². The number of nitrogens with one attached hydrogen (secondary N) is 2. The van der Waals surface area contributed by atoms with Crippen molar-refractivity contribution >= 4 is 33.0 Å². The smallest absolute Gasteiger partial charge is 0.242 e. The van der Waals surface area contributed by atoms with Crippen LogP contribution in [0.5, 0.6) is 0 Å². The van der Waals surface area contributed by atoms with Gasteiger partial charge in [0.25, 0.3) is 0 Å². The number of carbonyl (C=O) groups is 1. The summed E-state index contributed by atoms with van der Waals surface area (Å²) in [6.07, 6.45) is 0.632. The van der Waals surface area contributed by atoms with Gasteiger partial charge in [0.05, 0.1) is 16.3 Å². The molecule has 3 aromatic rings. The van der Waals surface area contributed by atoms with E-state index in [1.54, 1.807) is 36.4 Å². The van der Waals surface area contributed by atoms with Crippen molar-refractivity contribution in [1.82, 2.24) is 4.72 Å². The number of benzene rings is 3. The lowest BCUT2D eigenvalue weighted by molar-refractivity contribution is -0.118. The maximum atomic E-state index is 13.0. The summed E-state index contributed by atoms with van der Waals surface area (Å²) in [7, 11) is -3.85. The molecule has 33 heavy (non-hydrogen) atoms. The molecular formula is C25H28N4O3S. The molecule has 0 saturated heterocycles. The van der Waals surface area contributed by atoms with Crippen LogP contribution in [-0.4, -0.2) is 20.4 Å². The van der Waals surface area contributed by atoms with Crippen molar-refractivity contribution in [2.75, 3.05) is 5.32 Å². The number of rotatable bonds is 9. The maximum absolute atomic E-state index is 13.0. The zero-order valence-electron chi connectivity index (χ0n) is 18.9. The first-order valence-electron chi connectivity index (χ1n) is 10.7. The molecule has 0 aliphatic carbocycles. The SMILES string of the molecule is CC[C@@H](C)[C@@H](NS(=O)(=O)c1ccc(C)cc1)C(=O)Nc1ccc(N=Nc2ccccc2)cc1. The van der Waals surface area contributed by atoms with Gasteiger partial charge in [-0.1, -0.05) is 56.2 Å². The summed E-state index contributed by atoms with van der Waals surface area (Å²) < 4.78 is 28.3. The van der Waals surface area contributed by atoms with Gasteiger partial charge in [0.1, 0.15) is 6.04 Å². The number of amides is 1. The quantitative estimate of drug-likeness (QED) is 0.395. The molecule has 0 aromatic heterocycles. The molecule has 3 aromatic carbocycles. The topological polar surface area (TPSA) is 100.0 Å². The normalized spacial score (nSPS) is 13.5. The summed E-state index contributed by atoms with van der Waals surface area (Å²) >= 11 is 0. The fourth-order valence-corrected chi connectivity index (χ4v) is 4.36. The third kappa shape index (κ3) is 6.81. The number of aryl methyl sites for hydroxylation is 1. The molecule has 0 fully saturated rings. The largest absolute Gasteiger partial charge is 0.325 e. The van der Waals surface area contributed by atoms with E-state index in [0.29, 0.717) is 17.8 Å². The van der Waals surface area contributed by atoms with Crippen LogP contribution in [0.15, 0.2) is 94.0 Å². The molecule has 0 saturated carbocycles.